The molecule has 4 heteroatoms. The van der Waals surface area contributed by atoms with Gasteiger partial charge in [-0.2, -0.15) is 0 Å². The highest BCUT2D eigenvalue weighted by Crippen LogP contribution is 2.32. The van der Waals surface area contributed by atoms with Gasteiger partial charge in [-0.15, -0.1) is 0 Å². The number of hydrogen-bond acceptors (Lipinski definition) is 2. The van der Waals surface area contributed by atoms with Crippen molar-refractivity contribution in [2.24, 2.45) is 5.92 Å². The number of halogens is 1. The Kier molecular flexibility index (Phi) is 4.26. The van der Waals surface area contributed by atoms with Gasteiger partial charge in [-0.1, -0.05) is 6.92 Å². The Balaban J connectivity index is 2.14. The van der Waals surface area contributed by atoms with E-state index in [9.17, 15) is 4.21 Å². The second kappa shape index (κ2) is 5.53. The van der Waals surface area contributed by atoms with Crippen molar-refractivity contribution in [3.8, 4) is 0 Å². The van der Waals surface area contributed by atoms with Gasteiger partial charge in [-0.05, 0) is 65.7 Å². The number of rotatable bonds is 2. The molecule has 0 heterocycles. The maximum atomic E-state index is 12.5. The minimum Gasteiger partial charge on any atom is -0.399 e. The molecule has 1 atom stereocenters. The van der Waals surface area contributed by atoms with Gasteiger partial charge in [0.15, 0.2) is 0 Å². The number of benzene rings is 1. The Morgan fingerprint density at radius 3 is 2.53 bits per heavy atom. The van der Waals surface area contributed by atoms with Crippen LogP contribution in [0.25, 0.3) is 0 Å². The lowest BCUT2D eigenvalue weighted by atomic mass is 9.91. The molecule has 1 aromatic rings. The summed E-state index contributed by atoms with van der Waals surface area (Å²) in [5.41, 5.74) is 6.40. The van der Waals surface area contributed by atoms with Gasteiger partial charge in [0, 0.05) is 15.4 Å². The maximum absolute atomic E-state index is 12.5. The van der Waals surface area contributed by atoms with Crippen molar-refractivity contribution in [1.82, 2.24) is 0 Å². The first-order chi connectivity index (χ1) is 8.08. The molecule has 94 valence electrons. The highest BCUT2D eigenvalue weighted by molar-refractivity contribution is 9.10. The predicted molar refractivity (Wildman–Crippen MR) is 76.4 cm³/mol. The van der Waals surface area contributed by atoms with Crippen LogP contribution < -0.4 is 5.73 Å². The molecule has 0 aromatic heterocycles. The fraction of sp³-hybridized carbons (Fsp3) is 0.538. The Morgan fingerprint density at radius 2 is 1.94 bits per heavy atom. The van der Waals surface area contributed by atoms with Crippen LogP contribution in [0.2, 0.25) is 0 Å². The smallest absolute Gasteiger partial charge is 0.0572 e. The number of hydrogen-bond donors (Lipinski definition) is 1. The first-order valence-corrected chi connectivity index (χ1v) is 8.04. The van der Waals surface area contributed by atoms with Gasteiger partial charge in [-0.3, -0.25) is 4.21 Å². The van der Waals surface area contributed by atoms with E-state index in [-0.39, 0.29) is 0 Å². The van der Waals surface area contributed by atoms with Crippen LogP contribution in [0.3, 0.4) is 0 Å². The molecule has 0 amide bonds. The molecule has 1 aliphatic carbocycles. The van der Waals surface area contributed by atoms with Crippen molar-refractivity contribution in [1.29, 1.82) is 0 Å². The van der Waals surface area contributed by atoms with E-state index in [0.29, 0.717) is 10.9 Å². The highest BCUT2D eigenvalue weighted by Gasteiger charge is 2.25. The van der Waals surface area contributed by atoms with E-state index in [1.54, 1.807) is 0 Å². The van der Waals surface area contributed by atoms with Crippen molar-refractivity contribution in [3.05, 3.63) is 22.7 Å². The summed E-state index contributed by atoms with van der Waals surface area (Å²) < 4.78 is 13.3. The maximum Gasteiger partial charge on any atom is 0.0572 e. The van der Waals surface area contributed by atoms with E-state index in [2.05, 4.69) is 22.9 Å². The number of anilines is 1. The lowest BCUT2D eigenvalue weighted by Crippen LogP contribution is -2.22. The van der Waals surface area contributed by atoms with E-state index >= 15 is 0 Å². The van der Waals surface area contributed by atoms with Crippen LogP contribution in [0, 0.1) is 5.92 Å². The first kappa shape index (κ1) is 13.1. The summed E-state index contributed by atoms with van der Waals surface area (Å²) in [6.07, 6.45) is 4.54. The Hall–Kier alpha value is -0.350. The molecule has 1 unspecified atom stereocenters. The van der Waals surface area contributed by atoms with Gasteiger partial charge < -0.3 is 5.73 Å². The largest absolute Gasteiger partial charge is 0.399 e. The van der Waals surface area contributed by atoms with E-state index in [1.165, 1.54) is 12.8 Å². The second-order valence-electron chi connectivity index (χ2n) is 4.87. The highest BCUT2D eigenvalue weighted by atomic mass is 79.9. The molecular formula is C13H18BrNOS. The average Bonchev–Trinajstić information content (AvgIpc) is 2.29. The average molecular weight is 316 g/mol. The van der Waals surface area contributed by atoms with Gasteiger partial charge in [0.25, 0.3) is 0 Å². The molecule has 1 fully saturated rings. The third-order valence-corrected chi connectivity index (χ3v) is 6.22. The molecule has 1 saturated carbocycles. The molecule has 0 spiro atoms. The third kappa shape index (κ3) is 3.10. The fourth-order valence-corrected chi connectivity index (χ4v) is 4.69. The zero-order valence-corrected chi connectivity index (χ0v) is 12.4. The van der Waals surface area contributed by atoms with E-state index in [0.717, 1.165) is 28.1 Å². The van der Waals surface area contributed by atoms with Crippen molar-refractivity contribution in [2.75, 3.05) is 5.73 Å². The summed E-state index contributed by atoms with van der Waals surface area (Å²) >= 11 is 3.45. The lowest BCUT2D eigenvalue weighted by molar-refractivity contribution is 0.389. The molecule has 2 rings (SSSR count). The minimum absolute atomic E-state index is 0.311. The third-order valence-electron chi connectivity index (χ3n) is 3.44. The normalized spacial score (nSPS) is 26.7. The predicted octanol–water partition coefficient (Wildman–Crippen LogP) is 3.72. The Morgan fingerprint density at radius 1 is 1.29 bits per heavy atom. The summed E-state index contributed by atoms with van der Waals surface area (Å²) in [4.78, 5) is 0.888. The first-order valence-electron chi connectivity index (χ1n) is 6.03. The summed E-state index contributed by atoms with van der Waals surface area (Å²) in [6.45, 7) is 2.28. The van der Waals surface area contributed by atoms with Crippen molar-refractivity contribution in [3.63, 3.8) is 0 Å². The summed E-state index contributed by atoms with van der Waals surface area (Å²) in [7, 11) is -0.907. The molecular weight excluding hydrogens is 298 g/mol. The monoisotopic (exact) mass is 315 g/mol. The van der Waals surface area contributed by atoms with Crippen molar-refractivity contribution < 1.29 is 4.21 Å². The molecule has 0 saturated heterocycles. The molecule has 2 N–H and O–H groups in total. The van der Waals surface area contributed by atoms with Gasteiger partial charge in [-0.25, -0.2) is 0 Å². The van der Waals surface area contributed by atoms with Crippen LogP contribution >= 0.6 is 15.9 Å². The molecule has 17 heavy (non-hydrogen) atoms. The molecule has 0 bridgehead atoms. The number of nitrogens with two attached hydrogens (primary N) is 1. The lowest BCUT2D eigenvalue weighted by Gasteiger charge is -2.25. The van der Waals surface area contributed by atoms with E-state index < -0.39 is 10.8 Å². The molecule has 1 aromatic carbocycles. The Labute approximate surface area is 114 Å². The fourth-order valence-electron chi connectivity index (χ4n) is 2.30. The van der Waals surface area contributed by atoms with Crippen LogP contribution in [-0.4, -0.2) is 9.46 Å². The zero-order valence-electron chi connectivity index (χ0n) is 9.99. The topological polar surface area (TPSA) is 43.1 Å². The molecule has 1 aliphatic rings. The van der Waals surface area contributed by atoms with Gasteiger partial charge in [0.1, 0.15) is 0 Å². The van der Waals surface area contributed by atoms with Gasteiger partial charge in [0.2, 0.25) is 0 Å². The van der Waals surface area contributed by atoms with Crippen molar-refractivity contribution in [2.45, 2.75) is 42.8 Å². The van der Waals surface area contributed by atoms with Crippen LogP contribution in [0.15, 0.2) is 27.6 Å². The molecule has 2 nitrogen and oxygen atoms in total. The number of nitrogen functional groups attached to an aromatic ring is 1. The Bertz CT molecular complexity index is 427. The summed E-state index contributed by atoms with van der Waals surface area (Å²) in [6, 6.07) is 5.54. The summed E-state index contributed by atoms with van der Waals surface area (Å²) in [5.74, 6) is 0.790. The second-order valence-corrected chi connectivity index (χ2v) is 7.42. The minimum atomic E-state index is -0.907. The zero-order chi connectivity index (χ0) is 12.4. The quantitative estimate of drug-likeness (QED) is 0.845. The van der Waals surface area contributed by atoms with Crippen LogP contribution in [0.5, 0.6) is 0 Å². The van der Waals surface area contributed by atoms with Gasteiger partial charge in [0.05, 0.1) is 15.7 Å². The SMILES string of the molecule is CC1CCC(S(=O)c2ccc(N)cc2Br)CC1. The van der Waals surface area contributed by atoms with Crippen LogP contribution in [-0.2, 0) is 10.8 Å². The molecule has 0 aliphatic heterocycles. The van der Waals surface area contributed by atoms with E-state index in [1.807, 2.05) is 18.2 Å². The summed E-state index contributed by atoms with van der Waals surface area (Å²) in [5, 5.41) is 0.311. The van der Waals surface area contributed by atoms with Crippen LogP contribution in [0.1, 0.15) is 32.6 Å². The molecule has 0 radical (unpaired) electrons. The van der Waals surface area contributed by atoms with Gasteiger partial charge >= 0.3 is 0 Å². The van der Waals surface area contributed by atoms with Crippen molar-refractivity contribution >= 4 is 32.4 Å². The van der Waals surface area contributed by atoms with E-state index in [4.69, 9.17) is 5.73 Å². The van der Waals surface area contributed by atoms with Crippen LogP contribution in [0.4, 0.5) is 5.69 Å². The standard InChI is InChI=1S/C13H18BrNOS/c1-9-2-5-11(6-3-9)17(16)13-7-4-10(15)8-12(13)14/h4,7-9,11H,2-3,5-6,15H2,1H3.